The number of carbonyl (C=O) groups excluding carboxylic acids is 1. The maximum atomic E-state index is 11.6. The molecule has 0 radical (unpaired) electrons. The maximum Gasteiger partial charge on any atom is 0.320 e. The van der Waals surface area contributed by atoms with Crippen molar-refractivity contribution in [2.75, 3.05) is 13.6 Å². The predicted octanol–water partition coefficient (Wildman–Crippen LogP) is 1.09. The zero-order valence-corrected chi connectivity index (χ0v) is 11.2. The third kappa shape index (κ3) is 6.26. The number of carboxylic acid groups (broad SMARTS) is 1. The van der Waals surface area contributed by atoms with Crippen LogP contribution in [0, 0.1) is 0 Å². The molecule has 100 valence electrons. The number of likely N-dealkylation sites (N-methyl/N-ethyl adjacent to an activating group) is 1. The molecule has 2 unspecified atom stereocenters. The van der Waals surface area contributed by atoms with Gasteiger partial charge in [0.15, 0.2) is 0 Å². The summed E-state index contributed by atoms with van der Waals surface area (Å²) in [6.07, 6.45) is 2.44. The Hall–Kier alpha value is -1.10. The lowest BCUT2D eigenvalue weighted by Crippen LogP contribution is -2.45. The minimum atomic E-state index is -0.885. The topological polar surface area (TPSA) is 69.6 Å². The second kappa shape index (κ2) is 8.06. The zero-order valence-electron chi connectivity index (χ0n) is 11.2. The van der Waals surface area contributed by atoms with Gasteiger partial charge in [0.2, 0.25) is 5.91 Å². The van der Waals surface area contributed by atoms with Gasteiger partial charge >= 0.3 is 5.97 Å². The molecule has 0 bridgehead atoms. The summed E-state index contributed by atoms with van der Waals surface area (Å²) in [7, 11) is 1.66. The van der Waals surface area contributed by atoms with Gasteiger partial charge in [0.1, 0.15) is 6.04 Å². The largest absolute Gasteiger partial charge is 0.480 e. The third-order valence-corrected chi connectivity index (χ3v) is 2.73. The highest BCUT2D eigenvalue weighted by molar-refractivity contribution is 5.80. The number of carboxylic acids is 1. The molecule has 0 heterocycles. The average Bonchev–Trinajstić information content (AvgIpc) is 2.17. The summed E-state index contributed by atoms with van der Waals surface area (Å²) >= 11 is 0. The molecule has 0 saturated heterocycles. The lowest BCUT2D eigenvalue weighted by molar-refractivity contribution is -0.143. The monoisotopic (exact) mass is 244 g/mol. The molecular weight excluding hydrogens is 220 g/mol. The van der Waals surface area contributed by atoms with E-state index in [0.717, 1.165) is 12.8 Å². The van der Waals surface area contributed by atoms with Gasteiger partial charge in [-0.25, -0.2) is 0 Å². The van der Waals surface area contributed by atoms with Crippen LogP contribution in [0.2, 0.25) is 0 Å². The summed E-state index contributed by atoms with van der Waals surface area (Å²) in [6, 6.07) is -0.451. The molecule has 0 aliphatic heterocycles. The Balaban J connectivity index is 4.14. The van der Waals surface area contributed by atoms with Crippen LogP contribution in [0.4, 0.5) is 0 Å². The number of nitrogens with zero attached hydrogens (tertiary/aromatic N) is 1. The average molecular weight is 244 g/mol. The Morgan fingerprint density at radius 2 is 1.94 bits per heavy atom. The van der Waals surface area contributed by atoms with Crippen LogP contribution in [0.15, 0.2) is 0 Å². The Bertz CT molecular complexity index is 256. The van der Waals surface area contributed by atoms with Crippen LogP contribution >= 0.6 is 0 Å². The molecule has 5 heteroatoms. The van der Waals surface area contributed by atoms with E-state index >= 15 is 0 Å². The molecule has 0 aromatic rings. The van der Waals surface area contributed by atoms with Crippen LogP contribution in [0.3, 0.4) is 0 Å². The molecule has 2 atom stereocenters. The van der Waals surface area contributed by atoms with Gasteiger partial charge in [-0.3, -0.25) is 14.5 Å². The Morgan fingerprint density at radius 3 is 2.35 bits per heavy atom. The summed E-state index contributed by atoms with van der Waals surface area (Å²) in [5.74, 6) is -1.00. The van der Waals surface area contributed by atoms with Gasteiger partial charge in [0, 0.05) is 6.04 Å². The van der Waals surface area contributed by atoms with E-state index in [4.69, 9.17) is 5.11 Å². The van der Waals surface area contributed by atoms with Gasteiger partial charge in [0.25, 0.3) is 0 Å². The highest BCUT2D eigenvalue weighted by Gasteiger charge is 2.22. The highest BCUT2D eigenvalue weighted by Crippen LogP contribution is 2.02. The standard InChI is InChI=1S/C12H24N2O3/c1-5-7-9(3)13-11(15)8-14(4)10(6-2)12(16)17/h9-10H,5-8H2,1-4H3,(H,13,15)(H,16,17). The molecule has 0 aromatic heterocycles. The fourth-order valence-electron chi connectivity index (χ4n) is 1.84. The molecule has 0 aliphatic rings. The number of hydrogen-bond donors (Lipinski definition) is 2. The van der Waals surface area contributed by atoms with Gasteiger partial charge < -0.3 is 10.4 Å². The predicted molar refractivity (Wildman–Crippen MR) is 66.9 cm³/mol. The fraction of sp³-hybridized carbons (Fsp3) is 0.833. The van der Waals surface area contributed by atoms with Crippen molar-refractivity contribution in [2.45, 2.75) is 52.1 Å². The molecule has 5 nitrogen and oxygen atoms in total. The Kier molecular flexibility index (Phi) is 7.54. The number of nitrogens with one attached hydrogen (secondary N) is 1. The van der Waals surface area contributed by atoms with Crippen molar-refractivity contribution in [3.05, 3.63) is 0 Å². The first kappa shape index (κ1) is 15.9. The summed E-state index contributed by atoms with van der Waals surface area (Å²) in [5, 5.41) is 11.8. The zero-order chi connectivity index (χ0) is 13.4. The van der Waals surface area contributed by atoms with Crippen molar-refractivity contribution >= 4 is 11.9 Å². The highest BCUT2D eigenvalue weighted by atomic mass is 16.4. The molecule has 17 heavy (non-hydrogen) atoms. The van der Waals surface area contributed by atoms with Gasteiger partial charge in [-0.2, -0.15) is 0 Å². The Morgan fingerprint density at radius 1 is 1.35 bits per heavy atom. The van der Waals surface area contributed by atoms with Gasteiger partial charge in [-0.1, -0.05) is 20.3 Å². The van der Waals surface area contributed by atoms with Crippen molar-refractivity contribution in [3.63, 3.8) is 0 Å². The molecular formula is C12H24N2O3. The van der Waals surface area contributed by atoms with Crippen molar-refractivity contribution in [1.29, 1.82) is 0 Å². The van der Waals surface area contributed by atoms with E-state index in [2.05, 4.69) is 12.2 Å². The van der Waals surface area contributed by atoms with E-state index in [1.165, 1.54) is 0 Å². The molecule has 2 N–H and O–H groups in total. The first-order valence-electron chi connectivity index (χ1n) is 6.14. The fourth-order valence-corrected chi connectivity index (χ4v) is 1.84. The number of amides is 1. The van der Waals surface area contributed by atoms with Gasteiger partial charge in [-0.05, 0) is 26.8 Å². The van der Waals surface area contributed by atoms with Crippen LogP contribution in [-0.4, -0.2) is 47.6 Å². The van der Waals surface area contributed by atoms with Gasteiger partial charge in [-0.15, -0.1) is 0 Å². The molecule has 1 amide bonds. The van der Waals surface area contributed by atoms with Crippen molar-refractivity contribution < 1.29 is 14.7 Å². The molecule has 0 saturated carbocycles. The summed E-state index contributed by atoms with van der Waals surface area (Å²) in [6.45, 7) is 5.94. The van der Waals surface area contributed by atoms with Gasteiger partial charge in [0.05, 0.1) is 6.54 Å². The second-order valence-corrected chi connectivity index (χ2v) is 4.43. The SMILES string of the molecule is CCCC(C)NC(=O)CN(C)C(CC)C(=O)O. The smallest absolute Gasteiger partial charge is 0.320 e. The third-order valence-electron chi connectivity index (χ3n) is 2.73. The van der Waals surface area contributed by atoms with Crippen LogP contribution < -0.4 is 5.32 Å². The first-order valence-corrected chi connectivity index (χ1v) is 6.14. The number of carbonyl (C=O) groups is 2. The van der Waals surface area contributed by atoms with E-state index in [1.54, 1.807) is 18.9 Å². The van der Waals surface area contributed by atoms with E-state index in [0.29, 0.717) is 6.42 Å². The van der Waals surface area contributed by atoms with Crippen LogP contribution in [0.25, 0.3) is 0 Å². The minimum Gasteiger partial charge on any atom is -0.480 e. The number of aliphatic carboxylic acids is 1. The van der Waals surface area contributed by atoms with Crippen LogP contribution in [0.1, 0.15) is 40.0 Å². The molecule has 0 aromatic carbocycles. The second-order valence-electron chi connectivity index (χ2n) is 4.43. The van der Waals surface area contributed by atoms with Crippen molar-refractivity contribution in [2.24, 2.45) is 0 Å². The Labute approximate surface area is 103 Å². The summed E-state index contributed by atoms with van der Waals surface area (Å²) < 4.78 is 0. The molecule has 0 rings (SSSR count). The molecule has 0 spiro atoms. The van der Waals surface area contributed by atoms with Crippen molar-refractivity contribution in [1.82, 2.24) is 10.2 Å². The van der Waals surface area contributed by atoms with Crippen LogP contribution in [0.5, 0.6) is 0 Å². The van der Waals surface area contributed by atoms with Crippen LogP contribution in [-0.2, 0) is 9.59 Å². The minimum absolute atomic E-state index is 0.117. The normalized spacial score (nSPS) is 14.4. The quantitative estimate of drug-likeness (QED) is 0.670. The number of hydrogen-bond acceptors (Lipinski definition) is 3. The van der Waals surface area contributed by atoms with E-state index in [9.17, 15) is 9.59 Å². The van der Waals surface area contributed by atoms with E-state index < -0.39 is 12.0 Å². The number of rotatable bonds is 8. The van der Waals surface area contributed by atoms with E-state index in [-0.39, 0.29) is 18.5 Å². The van der Waals surface area contributed by atoms with E-state index in [1.807, 2.05) is 6.92 Å². The molecule has 0 fully saturated rings. The lowest BCUT2D eigenvalue weighted by Gasteiger charge is -2.23. The summed E-state index contributed by atoms with van der Waals surface area (Å²) in [4.78, 5) is 24.1. The lowest BCUT2D eigenvalue weighted by atomic mass is 10.2. The van der Waals surface area contributed by atoms with Crippen molar-refractivity contribution in [3.8, 4) is 0 Å². The molecule has 0 aliphatic carbocycles. The summed E-state index contributed by atoms with van der Waals surface area (Å²) in [5.41, 5.74) is 0. The first-order chi connectivity index (χ1) is 7.92. The maximum absolute atomic E-state index is 11.6.